The third-order valence-corrected chi connectivity index (χ3v) is 12.8. The molecule has 5 N–H and O–H groups in total. The van der Waals surface area contributed by atoms with E-state index in [1.807, 2.05) is 118 Å². The van der Waals surface area contributed by atoms with E-state index in [0.717, 1.165) is 49.2 Å². The van der Waals surface area contributed by atoms with Crippen LogP contribution in [0, 0.1) is 12.3 Å². The molecule has 7 rings (SSSR count). The standard InChI is InChI=1S/C51H64N8O10S/c1-33(35-9-11-36(12-10-35)47-34(2)55-32-70-47)56-49(62)42-26-39(60)30-59(42)50(63)48(51(3,4)5)57-45(61)31-68-22-21-66-18-17-64-15-16-65-19-20-67-23-24-69-46-25-37-13-14-58(43(37)29-54-46)44-27-40-38(28-53-44)7-6-8-41(40)52/h6-14,25,27-29,32-33,39,42,48,60H,15-24,26,30-31,52H2,1-5H3,(H,56,62)(H,57,61)/t33-,39+,42-,48+/m0/s1. The van der Waals surface area contributed by atoms with Gasteiger partial charge in [-0.3, -0.25) is 19.0 Å². The lowest BCUT2D eigenvalue weighted by Gasteiger charge is -2.35. The Hall–Kier alpha value is -6.06. The number of hydrogen-bond donors (Lipinski definition) is 4. The molecule has 4 aromatic heterocycles. The predicted molar refractivity (Wildman–Crippen MR) is 267 cm³/mol. The van der Waals surface area contributed by atoms with Gasteiger partial charge in [0.25, 0.3) is 0 Å². The van der Waals surface area contributed by atoms with Crippen molar-refractivity contribution in [1.82, 2.24) is 35.1 Å². The van der Waals surface area contributed by atoms with Crippen molar-refractivity contribution in [1.29, 1.82) is 0 Å². The predicted octanol–water partition coefficient (Wildman–Crippen LogP) is 5.42. The molecule has 374 valence electrons. The minimum atomic E-state index is -0.970. The number of nitrogens with one attached hydrogen (secondary N) is 2. The molecule has 1 aliphatic heterocycles. The quantitative estimate of drug-likeness (QED) is 0.0416. The maximum Gasteiger partial charge on any atom is 0.246 e. The summed E-state index contributed by atoms with van der Waals surface area (Å²) in [4.78, 5) is 56.4. The zero-order chi connectivity index (χ0) is 49.6. The van der Waals surface area contributed by atoms with Crippen LogP contribution in [0.4, 0.5) is 5.69 Å². The highest BCUT2D eigenvalue weighted by Gasteiger charge is 2.44. The molecule has 5 heterocycles. The van der Waals surface area contributed by atoms with Crippen molar-refractivity contribution < 1.29 is 47.9 Å². The Morgan fingerprint density at radius 3 is 2.16 bits per heavy atom. The van der Waals surface area contributed by atoms with Gasteiger partial charge in [-0.2, -0.15) is 0 Å². The van der Waals surface area contributed by atoms with Gasteiger partial charge in [0.15, 0.2) is 0 Å². The number of carbonyl (C=O) groups excluding carboxylic acids is 3. The molecule has 0 bridgehead atoms. The largest absolute Gasteiger partial charge is 0.475 e. The number of likely N-dealkylation sites (tertiary alicyclic amines) is 1. The molecular weight excluding hydrogens is 917 g/mol. The van der Waals surface area contributed by atoms with Crippen molar-refractivity contribution in [3.63, 3.8) is 0 Å². The Morgan fingerprint density at radius 2 is 1.50 bits per heavy atom. The molecule has 19 heteroatoms. The third-order valence-electron chi connectivity index (χ3n) is 11.8. The second-order valence-electron chi connectivity index (χ2n) is 18.1. The summed E-state index contributed by atoms with van der Waals surface area (Å²) in [6, 6.07) is 17.3. The number of carbonyl (C=O) groups is 3. The molecule has 0 spiro atoms. The Bertz CT molecular complexity index is 2670. The number of aryl methyl sites for hydroxylation is 1. The molecule has 1 saturated heterocycles. The topological polar surface area (TPSA) is 224 Å². The first-order valence-corrected chi connectivity index (χ1v) is 24.4. The van der Waals surface area contributed by atoms with E-state index < -0.39 is 35.4 Å². The average molecular weight is 981 g/mol. The molecule has 18 nitrogen and oxygen atoms in total. The summed E-state index contributed by atoms with van der Waals surface area (Å²) in [6.45, 7) is 12.4. The maximum absolute atomic E-state index is 14.0. The molecule has 70 heavy (non-hydrogen) atoms. The van der Waals surface area contributed by atoms with Crippen LogP contribution < -0.4 is 21.1 Å². The number of aliphatic hydroxyl groups is 1. The molecule has 3 amide bonds. The van der Waals surface area contributed by atoms with Crippen molar-refractivity contribution >= 4 is 56.4 Å². The Labute approximate surface area is 411 Å². The van der Waals surface area contributed by atoms with E-state index in [1.165, 1.54) is 4.90 Å². The number of ether oxygens (including phenoxy) is 6. The van der Waals surface area contributed by atoms with Gasteiger partial charge >= 0.3 is 0 Å². The molecule has 0 aliphatic carbocycles. The number of pyridine rings is 2. The number of amides is 3. The van der Waals surface area contributed by atoms with Crippen LogP contribution in [-0.4, -0.2) is 145 Å². The zero-order valence-electron chi connectivity index (χ0n) is 40.4. The van der Waals surface area contributed by atoms with E-state index in [9.17, 15) is 19.5 Å². The molecule has 1 fully saturated rings. The van der Waals surface area contributed by atoms with E-state index in [-0.39, 0.29) is 44.7 Å². The van der Waals surface area contributed by atoms with Gasteiger partial charge in [0, 0.05) is 53.3 Å². The second-order valence-corrected chi connectivity index (χ2v) is 19.0. The van der Waals surface area contributed by atoms with Crippen LogP contribution >= 0.6 is 11.3 Å². The molecule has 0 unspecified atom stereocenters. The van der Waals surface area contributed by atoms with Crippen molar-refractivity contribution in [2.45, 2.75) is 65.3 Å². The first-order chi connectivity index (χ1) is 33.8. The number of thiazole rings is 1. The fraction of sp³-hybridized carbons (Fsp3) is 0.451. The van der Waals surface area contributed by atoms with Gasteiger partial charge in [-0.15, -0.1) is 11.3 Å². The molecule has 0 radical (unpaired) electrons. The lowest BCUT2D eigenvalue weighted by atomic mass is 9.85. The third kappa shape index (κ3) is 13.8. The second kappa shape index (κ2) is 24.7. The van der Waals surface area contributed by atoms with Crippen molar-refractivity contribution in [3.05, 3.63) is 96.0 Å². The average Bonchev–Trinajstić information content (AvgIpc) is 4.09. The van der Waals surface area contributed by atoms with Gasteiger partial charge in [0.2, 0.25) is 23.6 Å². The van der Waals surface area contributed by atoms with Gasteiger partial charge in [0.05, 0.1) is 99.4 Å². The van der Waals surface area contributed by atoms with Gasteiger partial charge in [-0.1, -0.05) is 57.2 Å². The van der Waals surface area contributed by atoms with Gasteiger partial charge < -0.3 is 54.8 Å². The SMILES string of the molecule is Cc1ncsc1-c1ccc([C@H](C)NC(=O)[C@@H]2C[C@@H](O)CN2C(=O)[C@@H](NC(=O)COCCOCCOCCOCCOCCOc2cc3ccn(-c4cc5c(N)cccc5cn4)c3cn2)C(C)(C)C)cc1. The van der Waals surface area contributed by atoms with E-state index >= 15 is 0 Å². The number of hydrogen-bond acceptors (Lipinski definition) is 15. The number of β-amino-alcohol motifs (C(OH)–C–C–N with tert-alkyl or cyclic N) is 1. The van der Waals surface area contributed by atoms with E-state index in [4.69, 9.17) is 34.2 Å². The number of aromatic nitrogens is 4. The van der Waals surface area contributed by atoms with Gasteiger partial charge in [-0.05, 0) is 48.6 Å². The number of anilines is 1. The number of nitrogens with two attached hydrogens (primary N) is 1. The maximum atomic E-state index is 14.0. The normalized spacial score (nSPS) is 15.9. The van der Waals surface area contributed by atoms with Crippen LogP contribution in [-0.2, 0) is 38.1 Å². The monoisotopic (exact) mass is 980 g/mol. The summed E-state index contributed by atoms with van der Waals surface area (Å²) in [6.07, 6.45) is 4.74. The summed E-state index contributed by atoms with van der Waals surface area (Å²) in [5.74, 6) is -0.0474. The van der Waals surface area contributed by atoms with Crippen molar-refractivity contribution in [2.75, 3.05) is 85.0 Å². The number of nitrogen functional groups attached to an aromatic ring is 1. The lowest BCUT2D eigenvalue weighted by Crippen LogP contribution is -2.58. The van der Waals surface area contributed by atoms with E-state index in [2.05, 4.69) is 25.6 Å². The fourth-order valence-electron chi connectivity index (χ4n) is 8.07. The molecular formula is C51H64N8O10S. The van der Waals surface area contributed by atoms with E-state index in [0.29, 0.717) is 64.4 Å². The van der Waals surface area contributed by atoms with Crippen LogP contribution in [0.2, 0.25) is 0 Å². The summed E-state index contributed by atoms with van der Waals surface area (Å²) in [5, 5.41) is 19.3. The van der Waals surface area contributed by atoms with Crippen LogP contribution in [0.25, 0.3) is 37.9 Å². The molecule has 2 aromatic carbocycles. The first-order valence-electron chi connectivity index (χ1n) is 23.5. The van der Waals surface area contributed by atoms with Crippen molar-refractivity contribution in [3.8, 4) is 22.1 Å². The highest BCUT2D eigenvalue weighted by Crippen LogP contribution is 2.30. The summed E-state index contributed by atoms with van der Waals surface area (Å²) < 4.78 is 35.6. The first kappa shape index (κ1) is 51.8. The number of benzene rings is 2. The summed E-state index contributed by atoms with van der Waals surface area (Å²) in [5.41, 5.74) is 11.8. The summed E-state index contributed by atoms with van der Waals surface area (Å²) in [7, 11) is 0. The minimum Gasteiger partial charge on any atom is -0.475 e. The molecule has 0 saturated carbocycles. The molecule has 4 atom stereocenters. The van der Waals surface area contributed by atoms with E-state index in [1.54, 1.807) is 17.5 Å². The number of fused-ring (bicyclic) bond motifs is 2. The van der Waals surface area contributed by atoms with Gasteiger partial charge in [-0.25, -0.2) is 15.0 Å². The number of aliphatic hydroxyl groups excluding tert-OH is 1. The van der Waals surface area contributed by atoms with Crippen molar-refractivity contribution in [2.24, 2.45) is 5.41 Å². The fourth-order valence-corrected chi connectivity index (χ4v) is 8.89. The van der Waals surface area contributed by atoms with Gasteiger partial charge in [0.1, 0.15) is 31.1 Å². The highest BCUT2D eigenvalue weighted by molar-refractivity contribution is 7.13. The lowest BCUT2D eigenvalue weighted by molar-refractivity contribution is -0.144. The van der Waals surface area contributed by atoms with Crippen LogP contribution in [0.5, 0.6) is 5.88 Å². The zero-order valence-corrected chi connectivity index (χ0v) is 41.2. The Morgan fingerprint density at radius 1 is 0.829 bits per heavy atom. The Kier molecular flexibility index (Phi) is 18.2. The molecule has 6 aromatic rings. The molecule has 1 aliphatic rings. The number of rotatable bonds is 25. The van der Waals surface area contributed by atoms with Crippen LogP contribution in [0.1, 0.15) is 51.4 Å². The van der Waals surface area contributed by atoms with Crippen LogP contribution in [0.3, 0.4) is 0 Å². The van der Waals surface area contributed by atoms with Crippen LogP contribution in [0.15, 0.2) is 84.8 Å². The number of nitrogens with zero attached hydrogens (tertiary/aromatic N) is 5. The summed E-state index contributed by atoms with van der Waals surface area (Å²) >= 11 is 1.57. The smallest absolute Gasteiger partial charge is 0.246 e. The minimum absolute atomic E-state index is 0.0213. The highest BCUT2D eigenvalue weighted by atomic mass is 32.1. The Balaban J connectivity index is 0.705.